The summed E-state index contributed by atoms with van der Waals surface area (Å²) in [7, 11) is 0. The van der Waals surface area contributed by atoms with Crippen molar-refractivity contribution in [1.82, 2.24) is 10.6 Å². The molecule has 0 fully saturated rings. The summed E-state index contributed by atoms with van der Waals surface area (Å²) in [4.78, 5) is 37.0. The second-order valence-corrected chi connectivity index (χ2v) is 8.99. The first-order chi connectivity index (χ1) is 16.9. The zero-order valence-electron chi connectivity index (χ0n) is 21.2. The average Bonchev–Trinajstić information content (AvgIpc) is 2.84. The Morgan fingerprint density at radius 1 is 0.914 bits per heavy atom. The van der Waals surface area contributed by atoms with Crippen LogP contribution in [0.5, 0.6) is 0 Å². The Hall–Kier alpha value is -2.49. The van der Waals surface area contributed by atoms with Crippen molar-refractivity contribution in [3.8, 4) is 0 Å². The van der Waals surface area contributed by atoms with Gasteiger partial charge in [-0.05, 0) is 70.5 Å². The van der Waals surface area contributed by atoms with Gasteiger partial charge >= 0.3 is 5.97 Å². The minimum atomic E-state index is -0.656. The van der Waals surface area contributed by atoms with Gasteiger partial charge in [-0.3, -0.25) is 14.4 Å². The van der Waals surface area contributed by atoms with E-state index in [1.165, 1.54) is 0 Å². The molecule has 8 N–H and O–H groups in total. The fraction of sp³-hybridized carbons (Fsp3) is 0.654. The molecule has 198 valence electrons. The molecule has 9 heteroatoms. The van der Waals surface area contributed by atoms with Crippen LogP contribution < -0.4 is 27.8 Å². The van der Waals surface area contributed by atoms with Gasteiger partial charge in [-0.1, -0.05) is 42.7 Å². The second-order valence-electron chi connectivity index (χ2n) is 8.99. The van der Waals surface area contributed by atoms with Gasteiger partial charge in [0.25, 0.3) is 0 Å². The fourth-order valence-corrected chi connectivity index (χ4v) is 3.62. The van der Waals surface area contributed by atoms with Crippen LogP contribution in [0.3, 0.4) is 0 Å². The molecule has 0 heterocycles. The first-order valence-electron chi connectivity index (χ1n) is 12.8. The van der Waals surface area contributed by atoms with E-state index in [4.69, 9.17) is 21.9 Å². The first kappa shape index (κ1) is 30.5. The number of nitrogens with two attached hydrogens (primary N) is 3. The number of benzene rings is 1. The molecule has 9 nitrogen and oxygen atoms in total. The lowest BCUT2D eigenvalue weighted by atomic mass is 10.1. The Kier molecular flexibility index (Phi) is 16.4. The molecule has 0 aliphatic heterocycles. The van der Waals surface area contributed by atoms with Crippen molar-refractivity contribution < 1.29 is 19.1 Å². The molecular formula is C26H45N5O4. The third-order valence-corrected chi connectivity index (χ3v) is 5.73. The molecule has 0 spiro atoms. The Balaban J connectivity index is 2.29. The average molecular weight is 492 g/mol. The van der Waals surface area contributed by atoms with Crippen LogP contribution in [0.4, 0.5) is 0 Å². The molecule has 1 aromatic carbocycles. The molecule has 0 saturated carbocycles. The zero-order chi connectivity index (χ0) is 25.9. The maximum Gasteiger partial charge on any atom is 0.306 e. The minimum Gasteiger partial charge on any atom is -0.461 e. The van der Waals surface area contributed by atoms with Crippen LogP contribution in [-0.4, -0.2) is 49.5 Å². The molecule has 2 atom stereocenters. The normalized spacial score (nSPS) is 12.6. The molecule has 1 rings (SSSR count). The Bertz CT molecular complexity index is 759. The summed E-state index contributed by atoms with van der Waals surface area (Å²) >= 11 is 0. The number of carbonyl (C=O) groups is 3. The van der Waals surface area contributed by atoms with Crippen molar-refractivity contribution in [3.63, 3.8) is 0 Å². The van der Waals surface area contributed by atoms with Gasteiger partial charge in [0.2, 0.25) is 11.8 Å². The van der Waals surface area contributed by atoms with E-state index in [9.17, 15) is 14.4 Å². The molecule has 2 unspecified atom stereocenters. The van der Waals surface area contributed by atoms with Gasteiger partial charge in [0, 0.05) is 13.0 Å². The van der Waals surface area contributed by atoms with Crippen LogP contribution in [-0.2, 0) is 25.7 Å². The predicted molar refractivity (Wildman–Crippen MR) is 138 cm³/mol. The van der Waals surface area contributed by atoms with Gasteiger partial charge in [0.05, 0.1) is 6.04 Å². The number of aryl methyl sites for hydroxylation is 1. The molecule has 1 aromatic rings. The summed E-state index contributed by atoms with van der Waals surface area (Å²) in [5, 5.41) is 5.68. The van der Waals surface area contributed by atoms with E-state index in [1.54, 1.807) is 0 Å². The molecule has 2 amide bonds. The molecule has 0 aromatic heterocycles. The van der Waals surface area contributed by atoms with Crippen LogP contribution in [0.15, 0.2) is 24.3 Å². The van der Waals surface area contributed by atoms with Gasteiger partial charge in [0.1, 0.15) is 12.6 Å². The number of carbonyl (C=O) groups excluding carboxylic acids is 3. The highest BCUT2D eigenvalue weighted by atomic mass is 16.5. The molecule has 0 radical (unpaired) electrons. The molecule has 0 bridgehead atoms. The van der Waals surface area contributed by atoms with Gasteiger partial charge in [-0.25, -0.2) is 0 Å². The third kappa shape index (κ3) is 14.5. The summed E-state index contributed by atoms with van der Waals surface area (Å²) in [6, 6.07) is 6.59. The van der Waals surface area contributed by atoms with E-state index in [2.05, 4.69) is 10.6 Å². The quantitative estimate of drug-likeness (QED) is 0.145. The second kappa shape index (κ2) is 18.8. The number of unbranched alkanes of at least 4 members (excludes halogenated alkanes) is 4. The lowest BCUT2D eigenvalue weighted by molar-refractivity contribution is -0.145. The summed E-state index contributed by atoms with van der Waals surface area (Å²) in [5.41, 5.74) is 19.1. The lowest BCUT2D eigenvalue weighted by Crippen LogP contribution is -2.51. The zero-order valence-corrected chi connectivity index (χ0v) is 21.2. The molecule has 0 aliphatic rings. The Morgan fingerprint density at radius 3 is 2.31 bits per heavy atom. The molecule has 0 saturated heterocycles. The predicted octanol–water partition coefficient (Wildman–Crippen LogP) is 1.78. The lowest BCUT2D eigenvalue weighted by Gasteiger charge is -2.21. The van der Waals surface area contributed by atoms with Crippen molar-refractivity contribution in [3.05, 3.63) is 35.4 Å². The first-order valence-corrected chi connectivity index (χ1v) is 12.8. The maximum atomic E-state index is 12.7. The molecule has 0 aliphatic carbocycles. The van der Waals surface area contributed by atoms with Crippen molar-refractivity contribution in [2.45, 2.75) is 89.8 Å². The molecular weight excluding hydrogens is 446 g/mol. The highest BCUT2D eigenvalue weighted by molar-refractivity contribution is 5.89. The largest absolute Gasteiger partial charge is 0.461 e. The summed E-state index contributed by atoms with van der Waals surface area (Å²) in [6.45, 7) is 3.86. The maximum absolute atomic E-state index is 12.7. The number of ether oxygens (including phenoxy) is 1. The summed E-state index contributed by atoms with van der Waals surface area (Å²) < 4.78 is 5.32. The monoisotopic (exact) mass is 491 g/mol. The van der Waals surface area contributed by atoms with E-state index in [1.807, 2.05) is 31.2 Å². The van der Waals surface area contributed by atoms with Gasteiger partial charge in [-0.2, -0.15) is 0 Å². The number of esters is 1. The van der Waals surface area contributed by atoms with E-state index >= 15 is 0 Å². The topological polar surface area (TPSA) is 163 Å². The van der Waals surface area contributed by atoms with Gasteiger partial charge in [-0.15, -0.1) is 0 Å². The number of amides is 2. The van der Waals surface area contributed by atoms with Crippen molar-refractivity contribution in [1.29, 1.82) is 0 Å². The number of hydrogen-bond donors (Lipinski definition) is 5. The van der Waals surface area contributed by atoms with Crippen LogP contribution >= 0.6 is 0 Å². The number of nitrogens with one attached hydrogen (secondary N) is 2. The minimum absolute atomic E-state index is 0.220. The van der Waals surface area contributed by atoms with Crippen LogP contribution in [0.1, 0.15) is 75.3 Å². The van der Waals surface area contributed by atoms with Crippen LogP contribution in [0, 0.1) is 6.92 Å². The van der Waals surface area contributed by atoms with Crippen molar-refractivity contribution in [2.24, 2.45) is 17.2 Å². The highest BCUT2D eigenvalue weighted by Crippen LogP contribution is 2.08. The highest BCUT2D eigenvalue weighted by Gasteiger charge is 2.23. The molecule has 35 heavy (non-hydrogen) atoms. The van der Waals surface area contributed by atoms with Gasteiger partial charge in [0.15, 0.2) is 0 Å². The number of rotatable bonds is 19. The van der Waals surface area contributed by atoms with E-state index in [-0.39, 0.29) is 24.4 Å². The fourth-order valence-electron chi connectivity index (χ4n) is 3.62. The Morgan fingerprint density at radius 2 is 1.63 bits per heavy atom. The number of hydrogen-bond acceptors (Lipinski definition) is 7. The summed E-state index contributed by atoms with van der Waals surface area (Å²) in [5.74, 6) is -0.762. The van der Waals surface area contributed by atoms with Crippen LogP contribution in [0.2, 0.25) is 0 Å². The SMILES string of the molecule is Cc1cccc(COC(=O)CCCCCNC(=O)C(CCCCN)NC(=O)C(N)CCCCN)c1. The van der Waals surface area contributed by atoms with E-state index < -0.39 is 12.1 Å². The van der Waals surface area contributed by atoms with Crippen molar-refractivity contribution >= 4 is 17.8 Å². The van der Waals surface area contributed by atoms with Crippen molar-refractivity contribution in [2.75, 3.05) is 19.6 Å². The third-order valence-electron chi connectivity index (χ3n) is 5.73. The Labute approximate surface area is 209 Å². The van der Waals surface area contributed by atoms with Gasteiger partial charge < -0.3 is 32.6 Å². The van der Waals surface area contributed by atoms with E-state index in [0.29, 0.717) is 45.3 Å². The smallest absolute Gasteiger partial charge is 0.306 e. The van der Waals surface area contributed by atoms with Crippen LogP contribution in [0.25, 0.3) is 0 Å². The van der Waals surface area contributed by atoms with E-state index in [0.717, 1.165) is 49.7 Å². The summed E-state index contributed by atoms with van der Waals surface area (Å²) in [6.07, 6.45) is 6.71. The standard InChI is InChI=1S/C26H45N5O4/c1-20-10-9-11-21(18-20)19-35-24(32)14-3-2-8-17-30-26(34)23(13-5-7-16-28)31-25(33)22(29)12-4-6-15-27/h9-11,18,22-23H,2-8,12-17,19,27-29H2,1H3,(H,30,34)(H,31,33).